The molecule has 0 aliphatic rings. The van der Waals surface area contributed by atoms with Gasteiger partial charge in [0.05, 0.1) is 17.6 Å². The van der Waals surface area contributed by atoms with Crippen molar-refractivity contribution < 1.29 is 9.53 Å². The van der Waals surface area contributed by atoms with Crippen LogP contribution in [0.4, 0.5) is 5.69 Å². The van der Waals surface area contributed by atoms with Gasteiger partial charge in [0.1, 0.15) is 5.75 Å². The van der Waals surface area contributed by atoms with Crippen molar-refractivity contribution in [2.45, 2.75) is 6.92 Å². The summed E-state index contributed by atoms with van der Waals surface area (Å²) in [5.74, 6) is 0.430. The van der Waals surface area contributed by atoms with E-state index >= 15 is 0 Å². The van der Waals surface area contributed by atoms with Gasteiger partial charge in [0, 0.05) is 10.6 Å². The Morgan fingerprint density at radius 2 is 2.06 bits per heavy atom. The third kappa shape index (κ3) is 2.17. The molecule has 1 aromatic carbocycles. The fourth-order valence-corrected chi connectivity index (χ4v) is 2.45. The summed E-state index contributed by atoms with van der Waals surface area (Å²) in [4.78, 5) is 14.1. The molecule has 0 bridgehead atoms. The lowest BCUT2D eigenvalue weighted by Crippen LogP contribution is -2.06. The number of rotatable bonds is 3. The van der Waals surface area contributed by atoms with Crippen LogP contribution in [0.5, 0.6) is 5.75 Å². The summed E-state index contributed by atoms with van der Waals surface area (Å²) in [7, 11) is 1.53. The van der Waals surface area contributed by atoms with E-state index in [1.54, 1.807) is 18.2 Å². The Labute approximate surface area is 104 Å². The minimum absolute atomic E-state index is 0.0851. The molecule has 0 aliphatic carbocycles. The number of carbonyl (C=O) groups excluding carboxylic acids is 1. The Morgan fingerprint density at radius 1 is 1.29 bits per heavy atom. The maximum absolute atomic E-state index is 12.3. The molecular weight excluding hydrogens is 234 g/mol. The fourth-order valence-electron chi connectivity index (χ4n) is 1.64. The Kier molecular flexibility index (Phi) is 3.15. The van der Waals surface area contributed by atoms with Gasteiger partial charge in [0.25, 0.3) is 0 Å². The molecule has 0 radical (unpaired) electrons. The van der Waals surface area contributed by atoms with Crippen LogP contribution in [0.15, 0.2) is 30.3 Å². The van der Waals surface area contributed by atoms with Crippen LogP contribution in [0.2, 0.25) is 0 Å². The molecule has 88 valence electrons. The van der Waals surface area contributed by atoms with Gasteiger partial charge in [0.2, 0.25) is 5.78 Å². The lowest BCUT2D eigenvalue weighted by molar-refractivity contribution is 0.104. The zero-order chi connectivity index (χ0) is 12.4. The zero-order valence-electron chi connectivity index (χ0n) is 9.69. The molecule has 0 unspecified atom stereocenters. The second kappa shape index (κ2) is 4.59. The summed E-state index contributed by atoms with van der Waals surface area (Å²) in [5, 5.41) is 0. The molecule has 0 fully saturated rings. The van der Waals surface area contributed by atoms with E-state index in [1.165, 1.54) is 18.4 Å². The van der Waals surface area contributed by atoms with Gasteiger partial charge in [-0.1, -0.05) is 6.07 Å². The number of hydrogen-bond donors (Lipinski definition) is 1. The number of aryl methyl sites for hydroxylation is 1. The van der Waals surface area contributed by atoms with Crippen molar-refractivity contribution in [1.29, 1.82) is 0 Å². The number of thiophene rings is 1. The van der Waals surface area contributed by atoms with E-state index in [-0.39, 0.29) is 5.78 Å². The van der Waals surface area contributed by atoms with Crippen molar-refractivity contribution in [3.05, 3.63) is 45.6 Å². The standard InChI is InChI=1S/C13H13NO2S/c1-8-6-7-11(17-8)13(15)12-9(14)4-3-5-10(12)16-2/h3-7H,14H2,1-2H3. The van der Waals surface area contributed by atoms with E-state index in [4.69, 9.17) is 10.5 Å². The predicted octanol–water partition coefficient (Wildman–Crippen LogP) is 2.88. The first kappa shape index (κ1) is 11.7. The maximum Gasteiger partial charge on any atom is 0.208 e. The molecule has 0 atom stereocenters. The zero-order valence-corrected chi connectivity index (χ0v) is 10.5. The van der Waals surface area contributed by atoms with E-state index in [1.807, 2.05) is 19.1 Å². The van der Waals surface area contributed by atoms with Crippen LogP contribution in [0, 0.1) is 6.92 Å². The van der Waals surface area contributed by atoms with Gasteiger partial charge >= 0.3 is 0 Å². The molecule has 0 amide bonds. The molecule has 17 heavy (non-hydrogen) atoms. The Balaban J connectivity index is 2.50. The molecule has 2 rings (SSSR count). The number of ether oxygens (including phenoxy) is 1. The molecule has 0 saturated carbocycles. The predicted molar refractivity (Wildman–Crippen MR) is 69.9 cm³/mol. The highest BCUT2D eigenvalue weighted by atomic mass is 32.1. The van der Waals surface area contributed by atoms with Crippen molar-refractivity contribution in [2.75, 3.05) is 12.8 Å². The number of nitrogens with two attached hydrogens (primary N) is 1. The molecule has 2 N–H and O–H groups in total. The van der Waals surface area contributed by atoms with E-state index in [0.29, 0.717) is 21.9 Å². The second-order valence-corrected chi connectivity index (χ2v) is 4.95. The van der Waals surface area contributed by atoms with Crippen LogP contribution < -0.4 is 10.5 Å². The van der Waals surface area contributed by atoms with Gasteiger partial charge in [-0.2, -0.15) is 0 Å². The highest BCUT2D eigenvalue weighted by Crippen LogP contribution is 2.29. The Morgan fingerprint density at radius 3 is 2.65 bits per heavy atom. The van der Waals surface area contributed by atoms with Crippen LogP contribution >= 0.6 is 11.3 Å². The number of hydrogen-bond acceptors (Lipinski definition) is 4. The summed E-state index contributed by atoms with van der Waals surface area (Å²) < 4.78 is 5.18. The van der Waals surface area contributed by atoms with Gasteiger partial charge in [-0.15, -0.1) is 11.3 Å². The summed E-state index contributed by atoms with van der Waals surface area (Å²) in [5.41, 5.74) is 6.73. The lowest BCUT2D eigenvalue weighted by atomic mass is 10.1. The Bertz CT molecular complexity index is 560. The SMILES string of the molecule is COc1cccc(N)c1C(=O)c1ccc(C)s1. The van der Waals surface area contributed by atoms with Crippen molar-refractivity contribution in [1.82, 2.24) is 0 Å². The molecule has 3 nitrogen and oxygen atoms in total. The number of anilines is 1. The molecule has 0 saturated heterocycles. The van der Waals surface area contributed by atoms with Gasteiger partial charge in [0.15, 0.2) is 0 Å². The van der Waals surface area contributed by atoms with E-state index in [2.05, 4.69) is 0 Å². The second-order valence-electron chi connectivity index (χ2n) is 3.66. The quantitative estimate of drug-likeness (QED) is 0.670. The maximum atomic E-state index is 12.3. The molecule has 4 heteroatoms. The summed E-state index contributed by atoms with van der Waals surface area (Å²) in [6.45, 7) is 1.97. The minimum atomic E-state index is -0.0851. The van der Waals surface area contributed by atoms with Crippen molar-refractivity contribution in [3.63, 3.8) is 0 Å². The largest absolute Gasteiger partial charge is 0.496 e. The first-order chi connectivity index (χ1) is 8.13. The van der Waals surface area contributed by atoms with Crippen LogP contribution in [-0.4, -0.2) is 12.9 Å². The van der Waals surface area contributed by atoms with Crippen LogP contribution in [0.25, 0.3) is 0 Å². The average Bonchev–Trinajstić information content (AvgIpc) is 2.74. The van der Waals surface area contributed by atoms with Gasteiger partial charge in [-0.3, -0.25) is 4.79 Å². The summed E-state index contributed by atoms with van der Waals surface area (Å²) >= 11 is 1.46. The minimum Gasteiger partial charge on any atom is -0.496 e. The first-order valence-electron chi connectivity index (χ1n) is 5.17. The topological polar surface area (TPSA) is 52.3 Å². The number of carbonyl (C=O) groups is 1. The summed E-state index contributed by atoms with van der Waals surface area (Å²) in [6.07, 6.45) is 0. The van der Waals surface area contributed by atoms with Crippen LogP contribution in [0.3, 0.4) is 0 Å². The Hall–Kier alpha value is -1.81. The van der Waals surface area contributed by atoms with Gasteiger partial charge in [-0.05, 0) is 31.2 Å². The lowest BCUT2D eigenvalue weighted by Gasteiger charge is -2.08. The fraction of sp³-hybridized carbons (Fsp3) is 0.154. The highest BCUT2D eigenvalue weighted by molar-refractivity contribution is 7.14. The molecule has 0 aliphatic heterocycles. The van der Waals surface area contributed by atoms with E-state index in [9.17, 15) is 4.79 Å². The smallest absolute Gasteiger partial charge is 0.208 e. The van der Waals surface area contributed by atoms with Crippen LogP contribution in [-0.2, 0) is 0 Å². The molecular formula is C13H13NO2S. The number of methoxy groups -OCH3 is 1. The first-order valence-corrected chi connectivity index (χ1v) is 5.98. The molecule has 0 spiro atoms. The van der Waals surface area contributed by atoms with Crippen molar-refractivity contribution >= 4 is 22.8 Å². The van der Waals surface area contributed by atoms with Crippen molar-refractivity contribution in [3.8, 4) is 5.75 Å². The van der Waals surface area contributed by atoms with E-state index < -0.39 is 0 Å². The number of benzene rings is 1. The third-order valence-electron chi connectivity index (χ3n) is 2.47. The van der Waals surface area contributed by atoms with E-state index in [0.717, 1.165) is 4.88 Å². The molecule has 1 heterocycles. The third-order valence-corrected chi connectivity index (χ3v) is 3.47. The number of nitrogen functional groups attached to an aromatic ring is 1. The highest BCUT2D eigenvalue weighted by Gasteiger charge is 2.18. The van der Waals surface area contributed by atoms with Crippen LogP contribution in [0.1, 0.15) is 20.1 Å². The molecule has 1 aromatic heterocycles. The summed E-state index contributed by atoms with van der Waals surface area (Å²) in [6, 6.07) is 8.95. The van der Waals surface area contributed by atoms with Gasteiger partial charge < -0.3 is 10.5 Å². The monoisotopic (exact) mass is 247 g/mol. The van der Waals surface area contributed by atoms with Crippen molar-refractivity contribution in [2.24, 2.45) is 0 Å². The normalized spacial score (nSPS) is 10.2. The van der Waals surface area contributed by atoms with Gasteiger partial charge in [-0.25, -0.2) is 0 Å². The average molecular weight is 247 g/mol. The number of ketones is 1. The molecule has 2 aromatic rings.